The van der Waals surface area contributed by atoms with E-state index in [0.717, 1.165) is 36.6 Å². The molecule has 0 fully saturated rings. The van der Waals surface area contributed by atoms with E-state index in [2.05, 4.69) is 39.5 Å². The Morgan fingerprint density at radius 2 is 1.86 bits per heavy atom. The largest absolute Gasteiger partial charge is 0.497 e. The maximum atomic E-state index is 12.3. The molecule has 1 aliphatic heterocycles. The zero-order valence-corrected chi connectivity index (χ0v) is 15.9. The highest BCUT2D eigenvalue weighted by Gasteiger charge is 2.17. The van der Waals surface area contributed by atoms with Crippen LogP contribution in [0.25, 0.3) is 0 Å². The lowest BCUT2D eigenvalue weighted by Crippen LogP contribution is -2.30. The number of pyridine rings is 1. The fraction of sp³-hybridized carbons (Fsp3) is 0.217. The molecule has 0 unspecified atom stereocenters. The summed E-state index contributed by atoms with van der Waals surface area (Å²) < 4.78 is 5.14. The van der Waals surface area contributed by atoms with Crippen LogP contribution < -0.4 is 15.0 Å². The summed E-state index contributed by atoms with van der Waals surface area (Å²) in [7, 11) is 1.63. The highest BCUT2D eigenvalue weighted by Crippen LogP contribution is 2.23. The summed E-state index contributed by atoms with van der Waals surface area (Å²) in [6.07, 6.45) is 3.06. The molecule has 0 saturated heterocycles. The molecule has 0 atom stereocenters. The quantitative estimate of drug-likeness (QED) is 0.738. The monoisotopic (exact) mass is 373 g/mol. The Morgan fingerprint density at radius 1 is 1.07 bits per heavy atom. The summed E-state index contributed by atoms with van der Waals surface area (Å²) in [5.41, 5.74) is 4.42. The SMILES string of the molecule is COc1ccc(CC(=O)Nc2ccc(N3CCc4ccccc4C3)nc2)cc1. The highest BCUT2D eigenvalue weighted by molar-refractivity contribution is 5.92. The van der Waals surface area contributed by atoms with Crippen LogP contribution in [0.3, 0.4) is 0 Å². The van der Waals surface area contributed by atoms with Crippen LogP contribution in [0.5, 0.6) is 5.75 Å². The Morgan fingerprint density at radius 3 is 2.57 bits per heavy atom. The van der Waals surface area contributed by atoms with Gasteiger partial charge >= 0.3 is 0 Å². The van der Waals surface area contributed by atoms with Gasteiger partial charge in [0.25, 0.3) is 0 Å². The number of aromatic nitrogens is 1. The lowest BCUT2D eigenvalue weighted by molar-refractivity contribution is -0.115. The van der Waals surface area contributed by atoms with Crippen LogP contribution in [-0.4, -0.2) is 24.5 Å². The van der Waals surface area contributed by atoms with Crippen molar-refractivity contribution in [3.8, 4) is 5.75 Å². The molecule has 0 saturated carbocycles. The summed E-state index contributed by atoms with van der Waals surface area (Å²) in [6.45, 7) is 1.82. The standard InChI is InChI=1S/C23H23N3O2/c1-28-21-9-6-17(7-10-21)14-23(27)25-20-8-11-22(24-15-20)26-13-12-18-4-2-3-5-19(18)16-26/h2-11,15H,12-14,16H2,1H3,(H,25,27). The summed E-state index contributed by atoms with van der Waals surface area (Å²) >= 11 is 0. The van der Waals surface area contributed by atoms with Crippen molar-refractivity contribution in [1.82, 2.24) is 4.98 Å². The van der Waals surface area contributed by atoms with E-state index in [-0.39, 0.29) is 5.91 Å². The van der Waals surface area contributed by atoms with E-state index in [4.69, 9.17) is 4.74 Å². The second-order valence-electron chi connectivity index (χ2n) is 6.92. The molecular weight excluding hydrogens is 350 g/mol. The summed E-state index contributed by atoms with van der Waals surface area (Å²) in [4.78, 5) is 19.1. The number of hydrogen-bond acceptors (Lipinski definition) is 4. The van der Waals surface area contributed by atoms with Gasteiger partial charge in [0.2, 0.25) is 5.91 Å². The van der Waals surface area contributed by atoms with Crippen molar-refractivity contribution in [2.24, 2.45) is 0 Å². The van der Waals surface area contributed by atoms with Gasteiger partial charge in [0.15, 0.2) is 0 Å². The van der Waals surface area contributed by atoms with Crippen LogP contribution in [0, 0.1) is 0 Å². The molecule has 5 heteroatoms. The lowest BCUT2D eigenvalue weighted by Gasteiger charge is -2.29. The van der Waals surface area contributed by atoms with Crippen molar-refractivity contribution >= 4 is 17.4 Å². The first-order valence-electron chi connectivity index (χ1n) is 9.42. The number of benzene rings is 2. The van der Waals surface area contributed by atoms with Crippen molar-refractivity contribution in [1.29, 1.82) is 0 Å². The van der Waals surface area contributed by atoms with Crippen molar-refractivity contribution < 1.29 is 9.53 Å². The number of ether oxygens (including phenoxy) is 1. The summed E-state index contributed by atoms with van der Waals surface area (Å²) in [6, 6.07) is 19.9. The molecule has 1 aliphatic rings. The van der Waals surface area contributed by atoms with E-state index in [1.165, 1.54) is 11.1 Å². The lowest BCUT2D eigenvalue weighted by atomic mass is 10.00. The average Bonchev–Trinajstić information content (AvgIpc) is 2.74. The summed E-state index contributed by atoms with van der Waals surface area (Å²) in [5.74, 6) is 1.65. The van der Waals surface area contributed by atoms with Gasteiger partial charge in [-0.15, -0.1) is 0 Å². The zero-order chi connectivity index (χ0) is 19.3. The molecule has 2 aromatic carbocycles. The number of carbonyl (C=O) groups excluding carboxylic acids is 1. The van der Waals surface area contributed by atoms with Gasteiger partial charge in [0.05, 0.1) is 25.4 Å². The molecule has 1 aromatic heterocycles. The van der Waals surface area contributed by atoms with Crippen LogP contribution in [0.1, 0.15) is 16.7 Å². The molecule has 28 heavy (non-hydrogen) atoms. The number of nitrogens with one attached hydrogen (secondary N) is 1. The molecule has 2 heterocycles. The number of methoxy groups -OCH3 is 1. The smallest absolute Gasteiger partial charge is 0.228 e. The third-order valence-electron chi connectivity index (χ3n) is 5.01. The van der Waals surface area contributed by atoms with Gasteiger partial charge in [-0.3, -0.25) is 4.79 Å². The van der Waals surface area contributed by atoms with Crippen LogP contribution in [0.2, 0.25) is 0 Å². The van der Waals surface area contributed by atoms with Crippen LogP contribution in [0.4, 0.5) is 11.5 Å². The minimum absolute atomic E-state index is 0.0633. The van der Waals surface area contributed by atoms with Crippen molar-refractivity contribution in [2.45, 2.75) is 19.4 Å². The Balaban J connectivity index is 1.36. The van der Waals surface area contributed by atoms with Gasteiger partial charge in [-0.2, -0.15) is 0 Å². The van der Waals surface area contributed by atoms with Crippen molar-refractivity contribution in [3.05, 3.63) is 83.6 Å². The van der Waals surface area contributed by atoms with Crippen LogP contribution in [-0.2, 0) is 24.2 Å². The van der Waals surface area contributed by atoms with Crippen LogP contribution in [0.15, 0.2) is 66.9 Å². The second kappa shape index (κ2) is 8.13. The third-order valence-corrected chi connectivity index (χ3v) is 5.01. The minimum atomic E-state index is -0.0633. The molecule has 1 amide bonds. The van der Waals surface area contributed by atoms with E-state index in [1.54, 1.807) is 13.3 Å². The van der Waals surface area contributed by atoms with Crippen molar-refractivity contribution in [3.63, 3.8) is 0 Å². The van der Waals surface area contributed by atoms with Gasteiger partial charge in [0.1, 0.15) is 11.6 Å². The molecular formula is C23H23N3O2. The number of nitrogens with zero attached hydrogens (tertiary/aromatic N) is 2. The van der Waals surface area contributed by atoms with E-state index < -0.39 is 0 Å². The molecule has 0 radical (unpaired) electrons. The van der Waals surface area contributed by atoms with Gasteiger partial charge in [-0.1, -0.05) is 36.4 Å². The molecule has 3 aromatic rings. The van der Waals surface area contributed by atoms with Crippen molar-refractivity contribution in [2.75, 3.05) is 23.9 Å². The average molecular weight is 373 g/mol. The van der Waals surface area contributed by atoms with Gasteiger partial charge in [-0.25, -0.2) is 4.98 Å². The number of fused-ring (bicyclic) bond motifs is 1. The Hall–Kier alpha value is -3.34. The van der Waals surface area contributed by atoms with E-state index in [9.17, 15) is 4.79 Å². The molecule has 0 spiro atoms. The molecule has 1 N–H and O–H groups in total. The first-order valence-corrected chi connectivity index (χ1v) is 9.42. The second-order valence-corrected chi connectivity index (χ2v) is 6.92. The Labute approximate surface area is 165 Å². The predicted molar refractivity (Wildman–Crippen MR) is 111 cm³/mol. The van der Waals surface area contributed by atoms with Gasteiger partial charge in [-0.05, 0) is 47.4 Å². The maximum absolute atomic E-state index is 12.3. The first-order chi connectivity index (χ1) is 13.7. The maximum Gasteiger partial charge on any atom is 0.228 e. The van der Waals surface area contributed by atoms with E-state index in [1.807, 2.05) is 36.4 Å². The first kappa shape index (κ1) is 18.0. The van der Waals surface area contributed by atoms with Gasteiger partial charge in [0, 0.05) is 13.1 Å². The minimum Gasteiger partial charge on any atom is -0.497 e. The predicted octanol–water partition coefficient (Wildman–Crippen LogP) is 3.83. The Bertz CT molecular complexity index is 952. The zero-order valence-electron chi connectivity index (χ0n) is 15.9. The molecule has 142 valence electrons. The van der Waals surface area contributed by atoms with E-state index in [0.29, 0.717) is 12.1 Å². The number of anilines is 2. The fourth-order valence-corrected chi connectivity index (χ4v) is 3.47. The molecule has 4 rings (SSSR count). The number of carbonyl (C=O) groups is 1. The Kier molecular flexibility index (Phi) is 5.24. The fourth-order valence-electron chi connectivity index (χ4n) is 3.47. The molecule has 0 bridgehead atoms. The van der Waals surface area contributed by atoms with Crippen LogP contribution >= 0.6 is 0 Å². The number of rotatable bonds is 5. The number of amides is 1. The molecule has 0 aliphatic carbocycles. The highest BCUT2D eigenvalue weighted by atomic mass is 16.5. The van der Waals surface area contributed by atoms with Gasteiger partial charge < -0.3 is 15.0 Å². The summed E-state index contributed by atoms with van der Waals surface area (Å²) in [5, 5.41) is 2.91. The molecule has 5 nitrogen and oxygen atoms in total. The topological polar surface area (TPSA) is 54.5 Å². The normalized spacial score (nSPS) is 13.0. The third kappa shape index (κ3) is 4.14. The van der Waals surface area contributed by atoms with E-state index >= 15 is 0 Å². The number of hydrogen-bond donors (Lipinski definition) is 1.